The van der Waals surface area contributed by atoms with E-state index in [4.69, 9.17) is 0 Å². The van der Waals surface area contributed by atoms with E-state index in [1.165, 1.54) is 68.1 Å². The van der Waals surface area contributed by atoms with Crippen molar-refractivity contribution in [2.24, 2.45) is 17.8 Å². The SMILES string of the molecule is Cc1cc(C)c(NC(=O)C2CCCCN2C23CC4CC(CC(C4)C2)C3)c(C)c1.Cl. The molecule has 4 bridgehead atoms. The topological polar surface area (TPSA) is 32.3 Å². The molecule has 5 aliphatic rings. The molecule has 160 valence electrons. The Labute approximate surface area is 182 Å². The van der Waals surface area contributed by atoms with Gasteiger partial charge in [0.2, 0.25) is 5.91 Å². The average molecular weight is 417 g/mol. The highest BCUT2D eigenvalue weighted by molar-refractivity contribution is 5.96. The van der Waals surface area contributed by atoms with Crippen molar-refractivity contribution in [1.82, 2.24) is 4.90 Å². The van der Waals surface area contributed by atoms with Crippen molar-refractivity contribution in [1.29, 1.82) is 0 Å². The summed E-state index contributed by atoms with van der Waals surface area (Å²) in [6, 6.07) is 4.42. The molecule has 3 nitrogen and oxygen atoms in total. The molecular formula is C25H37ClN2O. The minimum atomic E-state index is 0. The summed E-state index contributed by atoms with van der Waals surface area (Å²) in [4.78, 5) is 16.2. The van der Waals surface area contributed by atoms with Gasteiger partial charge in [-0.25, -0.2) is 0 Å². The minimum Gasteiger partial charge on any atom is -0.324 e. The second-order valence-corrected chi connectivity index (χ2v) is 10.6. The lowest BCUT2D eigenvalue weighted by molar-refractivity contribution is -0.140. The highest BCUT2D eigenvalue weighted by Crippen LogP contribution is 2.58. The van der Waals surface area contributed by atoms with Gasteiger partial charge in [-0.1, -0.05) is 24.1 Å². The first kappa shape index (κ1) is 21.2. The number of anilines is 1. The first-order valence-corrected chi connectivity index (χ1v) is 11.6. The maximum atomic E-state index is 13.5. The highest BCUT2D eigenvalue weighted by atomic mass is 35.5. The van der Waals surface area contributed by atoms with Crippen LogP contribution in [0.2, 0.25) is 0 Å². The third-order valence-corrected chi connectivity index (χ3v) is 8.35. The molecule has 1 atom stereocenters. The molecule has 4 saturated carbocycles. The molecule has 5 fully saturated rings. The highest BCUT2D eigenvalue weighted by Gasteiger charge is 2.55. The van der Waals surface area contributed by atoms with Crippen molar-refractivity contribution < 1.29 is 4.79 Å². The van der Waals surface area contributed by atoms with Gasteiger partial charge >= 0.3 is 0 Å². The normalized spacial score (nSPS) is 36.0. The lowest BCUT2D eigenvalue weighted by Crippen LogP contribution is -2.65. The third kappa shape index (κ3) is 3.74. The molecular weight excluding hydrogens is 380 g/mol. The Kier molecular flexibility index (Phi) is 5.76. The summed E-state index contributed by atoms with van der Waals surface area (Å²) >= 11 is 0. The van der Waals surface area contributed by atoms with E-state index in [1.807, 2.05) is 0 Å². The summed E-state index contributed by atoms with van der Waals surface area (Å²) in [6.07, 6.45) is 11.9. The van der Waals surface area contributed by atoms with Gasteiger partial charge in [-0.3, -0.25) is 9.69 Å². The van der Waals surface area contributed by atoms with Gasteiger partial charge in [-0.2, -0.15) is 0 Å². The quantitative estimate of drug-likeness (QED) is 0.675. The van der Waals surface area contributed by atoms with Gasteiger partial charge in [-0.15, -0.1) is 12.4 Å². The van der Waals surface area contributed by atoms with E-state index in [0.717, 1.165) is 36.4 Å². The van der Waals surface area contributed by atoms with Crippen LogP contribution in [0.25, 0.3) is 0 Å². The maximum Gasteiger partial charge on any atom is 0.241 e. The number of carbonyl (C=O) groups excluding carboxylic acids is 1. The van der Waals surface area contributed by atoms with Crippen LogP contribution in [0.1, 0.15) is 74.5 Å². The van der Waals surface area contributed by atoms with Gasteiger partial charge in [0, 0.05) is 11.2 Å². The summed E-state index contributed by atoms with van der Waals surface area (Å²) < 4.78 is 0. The van der Waals surface area contributed by atoms with Gasteiger partial charge in [0.15, 0.2) is 0 Å². The predicted molar refractivity (Wildman–Crippen MR) is 122 cm³/mol. The van der Waals surface area contributed by atoms with Crippen LogP contribution in [0.5, 0.6) is 0 Å². The van der Waals surface area contributed by atoms with Gasteiger partial charge in [0.05, 0.1) is 6.04 Å². The van der Waals surface area contributed by atoms with Crippen LogP contribution in [-0.4, -0.2) is 28.9 Å². The van der Waals surface area contributed by atoms with Crippen LogP contribution in [-0.2, 0) is 4.79 Å². The zero-order valence-electron chi connectivity index (χ0n) is 18.3. The summed E-state index contributed by atoms with van der Waals surface area (Å²) in [6.45, 7) is 7.48. The van der Waals surface area contributed by atoms with Crippen LogP contribution in [0.4, 0.5) is 5.69 Å². The number of hydrogen-bond acceptors (Lipinski definition) is 2. The molecule has 0 radical (unpaired) electrons. The van der Waals surface area contributed by atoms with Crippen molar-refractivity contribution in [3.63, 3.8) is 0 Å². The lowest BCUT2D eigenvalue weighted by atomic mass is 9.52. The number of aryl methyl sites for hydroxylation is 3. The molecule has 0 spiro atoms. The molecule has 29 heavy (non-hydrogen) atoms. The van der Waals surface area contributed by atoms with Crippen molar-refractivity contribution in [2.75, 3.05) is 11.9 Å². The van der Waals surface area contributed by atoms with E-state index in [-0.39, 0.29) is 24.4 Å². The van der Waals surface area contributed by atoms with Gasteiger partial charge in [-0.05, 0) is 108 Å². The molecule has 4 aliphatic carbocycles. The predicted octanol–water partition coefficient (Wildman–Crippen LogP) is 5.80. The van der Waals surface area contributed by atoms with Crippen molar-refractivity contribution in [3.05, 3.63) is 28.8 Å². The van der Waals surface area contributed by atoms with Crippen LogP contribution in [0, 0.1) is 38.5 Å². The van der Waals surface area contributed by atoms with Crippen LogP contribution in [0.3, 0.4) is 0 Å². The number of carbonyl (C=O) groups is 1. The number of hydrogen-bond donors (Lipinski definition) is 1. The minimum absolute atomic E-state index is 0. The number of rotatable bonds is 3. The zero-order valence-corrected chi connectivity index (χ0v) is 19.1. The number of benzene rings is 1. The lowest BCUT2D eigenvalue weighted by Gasteiger charge is -2.62. The van der Waals surface area contributed by atoms with Gasteiger partial charge in [0.25, 0.3) is 0 Å². The van der Waals surface area contributed by atoms with Crippen molar-refractivity contribution >= 4 is 24.0 Å². The van der Waals surface area contributed by atoms with Crippen LogP contribution >= 0.6 is 12.4 Å². The fourth-order valence-corrected chi connectivity index (χ4v) is 7.77. The summed E-state index contributed by atoms with van der Waals surface area (Å²) in [7, 11) is 0. The summed E-state index contributed by atoms with van der Waals surface area (Å²) in [5.74, 6) is 3.03. The maximum absolute atomic E-state index is 13.5. The molecule has 0 aromatic heterocycles. The molecule has 1 aliphatic heterocycles. The van der Waals surface area contributed by atoms with Crippen molar-refractivity contribution in [2.45, 2.75) is 90.1 Å². The second kappa shape index (κ2) is 7.89. The Bertz CT molecular complexity index is 731. The number of amides is 1. The molecule has 6 rings (SSSR count). The molecule has 1 aromatic carbocycles. The smallest absolute Gasteiger partial charge is 0.241 e. The average Bonchev–Trinajstić information content (AvgIpc) is 2.63. The Morgan fingerprint density at radius 3 is 2.07 bits per heavy atom. The number of piperidine rings is 1. The molecule has 1 amide bonds. The number of halogens is 1. The largest absolute Gasteiger partial charge is 0.324 e. The number of nitrogens with zero attached hydrogens (tertiary/aromatic N) is 1. The van der Waals surface area contributed by atoms with E-state index in [1.54, 1.807) is 0 Å². The fourth-order valence-electron chi connectivity index (χ4n) is 7.77. The number of nitrogens with one attached hydrogen (secondary N) is 1. The molecule has 1 heterocycles. The van der Waals surface area contributed by atoms with E-state index >= 15 is 0 Å². The molecule has 1 unspecified atom stereocenters. The van der Waals surface area contributed by atoms with E-state index in [2.05, 4.69) is 43.1 Å². The first-order valence-electron chi connectivity index (χ1n) is 11.6. The second-order valence-electron chi connectivity index (χ2n) is 10.6. The summed E-state index contributed by atoms with van der Waals surface area (Å²) in [5.41, 5.74) is 4.99. The summed E-state index contributed by atoms with van der Waals surface area (Å²) in [5, 5.41) is 3.36. The third-order valence-electron chi connectivity index (χ3n) is 8.35. The van der Waals surface area contributed by atoms with Crippen LogP contribution < -0.4 is 5.32 Å². The van der Waals surface area contributed by atoms with E-state index < -0.39 is 0 Å². The number of likely N-dealkylation sites (tertiary alicyclic amines) is 1. The fraction of sp³-hybridized carbons (Fsp3) is 0.720. The Morgan fingerprint density at radius 1 is 0.966 bits per heavy atom. The van der Waals surface area contributed by atoms with Crippen molar-refractivity contribution in [3.8, 4) is 0 Å². The monoisotopic (exact) mass is 416 g/mol. The Hall–Kier alpha value is -1.06. The molecule has 1 saturated heterocycles. The zero-order chi connectivity index (χ0) is 19.5. The first-order chi connectivity index (χ1) is 13.4. The van der Waals surface area contributed by atoms with E-state index in [9.17, 15) is 4.79 Å². The van der Waals surface area contributed by atoms with Crippen LogP contribution in [0.15, 0.2) is 12.1 Å². The standard InChI is InChI=1S/C25H36N2O.ClH/c1-16-8-17(2)23(18(3)9-16)26-24(28)22-6-4-5-7-27(22)25-13-19-10-20(14-25)12-21(11-19)15-25;/h8-9,19-22H,4-7,10-15H2,1-3H3,(H,26,28);1H. The van der Waals surface area contributed by atoms with E-state index in [0.29, 0.717) is 5.54 Å². The molecule has 4 heteroatoms. The Balaban J connectivity index is 0.00000205. The Morgan fingerprint density at radius 2 is 1.52 bits per heavy atom. The molecule has 1 aromatic rings. The van der Waals surface area contributed by atoms with Gasteiger partial charge < -0.3 is 5.32 Å². The van der Waals surface area contributed by atoms with Gasteiger partial charge in [0.1, 0.15) is 0 Å². The molecule has 1 N–H and O–H groups in total.